The number of rotatable bonds is 13. The maximum atomic E-state index is 13.0. The lowest BCUT2D eigenvalue weighted by Crippen LogP contribution is -2.55. The number of allylic oxidation sites excluding steroid dienone is 1. The van der Waals surface area contributed by atoms with Crippen molar-refractivity contribution in [2.75, 3.05) is 0 Å². The van der Waals surface area contributed by atoms with Gasteiger partial charge in [-0.25, -0.2) is 0 Å². The Morgan fingerprint density at radius 2 is 1.25 bits per heavy atom. The highest BCUT2D eigenvalue weighted by molar-refractivity contribution is 5.98. The summed E-state index contributed by atoms with van der Waals surface area (Å²) in [6, 6.07) is 16.3. The summed E-state index contributed by atoms with van der Waals surface area (Å²) in [5.41, 5.74) is 1.80. The van der Waals surface area contributed by atoms with Gasteiger partial charge in [0, 0.05) is 19.8 Å². The third kappa shape index (κ3) is 10.3. The van der Waals surface area contributed by atoms with E-state index in [9.17, 15) is 19.2 Å². The van der Waals surface area contributed by atoms with Crippen molar-refractivity contribution < 1.29 is 19.2 Å². The first-order valence-electron chi connectivity index (χ1n) is 12.3. The largest absolute Gasteiger partial charge is 0.344 e. The zero-order chi connectivity index (χ0) is 26.5. The van der Waals surface area contributed by atoms with Gasteiger partial charge < -0.3 is 16.0 Å². The predicted octanol–water partition coefficient (Wildman–Crippen LogP) is 3.14. The molecule has 192 valence electrons. The van der Waals surface area contributed by atoms with E-state index in [0.717, 1.165) is 17.5 Å². The quantitative estimate of drug-likeness (QED) is 0.375. The van der Waals surface area contributed by atoms with Gasteiger partial charge in [-0.3, -0.25) is 19.2 Å². The number of hydrogen-bond donors (Lipinski definition) is 3. The van der Waals surface area contributed by atoms with Gasteiger partial charge in [0.2, 0.25) is 17.7 Å². The monoisotopic (exact) mass is 491 g/mol. The zero-order valence-electron chi connectivity index (χ0n) is 21.5. The first-order valence-corrected chi connectivity index (χ1v) is 12.3. The van der Waals surface area contributed by atoms with Crippen molar-refractivity contribution >= 4 is 23.5 Å². The van der Waals surface area contributed by atoms with E-state index in [1.165, 1.54) is 13.0 Å². The highest BCUT2D eigenvalue weighted by Crippen LogP contribution is 2.08. The number of nitrogens with one attached hydrogen (secondary N) is 3. The molecule has 3 N–H and O–H groups in total. The molecule has 0 aliphatic rings. The number of ketones is 1. The highest BCUT2D eigenvalue weighted by atomic mass is 16.2. The summed E-state index contributed by atoms with van der Waals surface area (Å²) in [6.07, 6.45) is 4.72. The van der Waals surface area contributed by atoms with Gasteiger partial charge in [0.1, 0.15) is 12.1 Å². The van der Waals surface area contributed by atoms with Crippen LogP contribution in [0, 0.1) is 5.92 Å². The Kier molecular flexibility index (Phi) is 11.6. The molecule has 0 spiro atoms. The number of carbonyl (C=O) groups excluding carboxylic acids is 4. The normalized spacial score (nSPS) is 13.6. The van der Waals surface area contributed by atoms with Gasteiger partial charge in [-0.05, 0) is 36.5 Å². The van der Waals surface area contributed by atoms with Gasteiger partial charge >= 0.3 is 0 Å². The fourth-order valence-electron chi connectivity index (χ4n) is 3.63. The van der Waals surface area contributed by atoms with E-state index in [0.29, 0.717) is 12.3 Å². The topological polar surface area (TPSA) is 104 Å². The van der Waals surface area contributed by atoms with Crippen LogP contribution in [0.5, 0.6) is 0 Å². The minimum absolute atomic E-state index is 0.202. The molecule has 0 unspecified atom stereocenters. The molecule has 0 saturated heterocycles. The minimum Gasteiger partial charge on any atom is -0.344 e. The SMILES string of the molecule is CC(=O)N[C@@H](Cc1ccccc1)C(=O)N[C@@H](C)C(=O)N[C@@H](Cc1ccccc1)C(=O)/C=C/CC(C)C. The van der Waals surface area contributed by atoms with Gasteiger partial charge in [-0.2, -0.15) is 0 Å². The van der Waals surface area contributed by atoms with Crippen molar-refractivity contribution in [2.24, 2.45) is 5.92 Å². The van der Waals surface area contributed by atoms with E-state index >= 15 is 0 Å². The Hall–Kier alpha value is -3.74. The van der Waals surface area contributed by atoms with Crippen molar-refractivity contribution in [1.29, 1.82) is 0 Å². The van der Waals surface area contributed by atoms with Crippen molar-refractivity contribution in [1.82, 2.24) is 16.0 Å². The lowest BCUT2D eigenvalue weighted by molar-refractivity contribution is -0.132. The summed E-state index contributed by atoms with van der Waals surface area (Å²) in [5, 5.41) is 8.12. The Morgan fingerprint density at radius 3 is 1.75 bits per heavy atom. The van der Waals surface area contributed by atoms with Crippen LogP contribution in [0.1, 0.15) is 45.2 Å². The molecule has 0 aliphatic carbocycles. The number of benzene rings is 2. The maximum absolute atomic E-state index is 13.0. The van der Waals surface area contributed by atoms with Gasteiger partial charge in [0.25, 0.3) is 0 Å². The van der Waals surface area contributed by atoms with Crippen molar-refractivity contribution in [3.63, 3.8) is 0 Å². The fraction of sp³-hybridized carbons (Fsp3) is 0.379. The predicted molar refractivity (Wildman–Crippen MR) is 141 cm³/mol. The van der Waals surface area contributed by atoms with E-state index < -0.39 is 29.9 Å². The molecule has 0 radical (unpaired) electrons. The van der Waals surface area contributed by atoms with Crippen LogP contribution in [0.15, 0.2) is 72.8 Å². The third-order valence-corrected chi connectivity index (χ3v) is 5.56. The van der Waals surface area contributed by atoms with E-state index in [-0.39, 0.29) is 18.1 Å². The van der Waals surface area contributed by atoms with E-state index in [4.69, 9.17) is 0 Å². The summed E-state index contributed by atoms with van der Waals surface area (Å²) < 4.78 is 0. The Balaban J connectivity index is 2.08. The van der Waals surface area contributed by atoms with E-state index in [2.05, 4.69) is 29.8 Å². The third-order valence-electron chi connectivity index (χ3n) is 5.56. The standard InChI is InChI=1S/C29H37N3O4/c1-20(2)12-11-17-27(34)25(18-23-13-7-5-8-14-23)32-28(35)21(3)30-29(36)26(31-22(4)33)19-24-15-9-6-10-16-24/h5-11,13-17,20-21,25-26H,12,18-19H2,1-4H3,(H,30,36)(H,31,33)(H,32,35)/b17-11+/t21-,25-,26-/m0/s1. The van der Waals surface area contributed by atoms with Crippen LogP contribution in [0.4, 0.5) is 0 Å². The second-order valence-electron chi connectivity index (χ2n) is 9.36. The average Bonchev–Trinajstić information content (AvgIpc) is 2.83. The Morgan fingerprint density at radius 1 is 0.722 bits per heavy atom. The van der Waals surface area contributed by atoms with Gasteiger partial charge in [-0.1, -0.05) is 80.6 Å². The molecule has 7 nitrogen and oxygen atoms in total. The van der Waals surface area contributed by atoms with Crippen LogP contribution in [0.2, 0.25) is 0 Å². The molecule has 7 heteroatoms. The van der Waals surface area contributed by atoms with Gasteiger partial charge in [0.15, 0.2) is 5.78 Å². The van der Waals surface area contributed by atoms with Gasteiger partial charge in [0.05, 0.1) is 6.04 Å². The fourth-order valence-corrected chi connectivity index (χ4v) is 3.63. The van der Waals surface area contributed by atoms with Crippen LogP contribution < -0.4 is 16.0 Å². The molecule has 2 aromatic carbocycles. The summed E-state index contributed by atoms with van der Waals surface area (Å²) in [7, 11) is 0. The molecule has 0 heterocycles. The molecule has 0 bridgehead atoms. The smallest absolute Gasteiger partial charge is 0.243 e. The molecule has 3 amide bonds. The summed E-state index contributed by atoms with van der Waals surface area (Å²) >= 11 is 0. The van der Waals surface area contributed by atoms with Crippen LogP contribution in [0.3, 0.4) is 0 Å². The Labute approximate surface area is 213 Å². The van der Waals surface area contributed by atoms with E-state index in [1.54, 1.807) is 6.92 Å². The average molecular weight is 492 g/mol. The lowest BCUT2D eigenvalue weighted by Gasteiger charge is -2.23. The van der Waals surface area contributed by atoms with Crippen molar-refractivity contribution in [3.05, 3.63) is 83.9 Å². The molecule has 36 heavy (non-hydrogen) atoms. The molecule has 0 saturated carbocycles. The second kappa shape index (κ2) is 14.6. The summed E-state index contributed by atoms with van der Waals surface area (Å²) in [6.45, 7) is 7.02. The first kappa shape index (κ1) is 28.5. The molecule has 0 aromatic heterocycles. The Bertz CT molecular complexity index is 1030. The van der Waals surface area contributed by atoms with Gasteiger partial charge in [-0.15, -0.1) is 0 Å². The maximum Gasteiger partial charge on any atom is 0.243 e. The van der Waals surface area contributed by atoms with Crippen LogP contribution in [-0.2, 0) is 32.0 Å². The minimum atomic E-state index is -0.907. The van der Waals surface area contributed by atoms with Crippen LogP contribution in [-0.4, -0.2) is 41.6 Å². The van der Waals surface area contributed by atoms with Crippen LogP contribution >= 0.6 is 0 Å². The summed E-state index contributed by atoms with van der Waals surface area (Å²) in [5.74, 6) is -1.08. The molecule has 2 aromatic rings. The van der Waals surface area contributed by atoms with Crippen molar-refractivity contribution in [3.8, 4) is 0 Å². The number of amides is 3. The number of hydrogen-bond acceptors (Lipinski definition) is 4. The lowest BCUT2D eigenvalue weighted by atomic mass is 10.0. The molecule has 3 atom stereocenters. The molecular weight excluding hydrogens is 454 g/mol. The highest BCUT2D eigenvalue weighted by Gasteiger charge is 2.26. The summed E-state index contributed by atoms with van der Waals surface area (Å²) in [4.78, 5) is 50.5. The van der Waals surface area contributed by atoms with Crippen molar-refractivity contribution in [2.45, 2.75) is 65.1 Å². The molecule has 0 fully saturated rings. The van der Waals surface area contributed by atoms with Crippen LogP contribution in [0.25, 0.3) is 0 Å². The zero-order valence-corrected chi connectivity index (χ0v) is 21.5. The second-order valence-corrected chi connectivity index (χ2v) is 9.36. The van der Waals surface area contributed by atoms with E-state index in [1.807, 2.05) is 66.7 Å². The number of carbonyl (C=O) groups is 4. The molecule has 0 aliphatic heterocycles. The molecular formula is C29H37N3O4. The first-order chi connectivity index (χ1) is 17.2. The molecule has 2 rings (SSSR count).